The Kier molecular flexibility index (Phi) is 2.70. The van der Waals surface area contributed by atoms with Crippen LogP contribution in [0.5, 0.6) is 0 Å². The van der Waals surface area contributed by atoms with Crippen molar-refractivity contribution >= 4 is 0 Å². The van der Waals surface area contributed by atoms with Crippen LogP contribution in [0.25, 0.3) is 0 Å². The molecule has 0 aromatic carbocycles. The second-order valence-corrected chi connectivity index (χ2v) is 4.45. The first kappa shape index (κ1) is 9.22. The van der Waals surface area contributed by atoms with Gasteiger partial charge in [-0.3, -0.25) is 4.90 Å². The standard InChI is InChI=1S/C11H20N2/c1-11(5-3-2-4-6-11)13-9-7-12-8-10-13/h2-3,12H,4-10H2,1H3. The molecule has 2 nitrogen and oxygen atoms in total. The zero-order valence-electron chi connectivity index (χ0n) is 8.55. The van der Waals surface area contributed by atoms with Crippen LogP contribution >= 0.6 is 0 Å². The number of nitrogens with zero attached hydrogens (tertiary/aromatic N) is 1. The Labute approximate surface area is 81.0 Å². The highest BCUT2D eigenvalue weighted by atomic mass is 15.2. The molecule has 0 radical (unpaired) electrons. The van der Waals surface area contributed by atoms with Gasteiger partial charge in [0.2, 0.25) is 0 Å². The average Bonchev–Trinajstić information content (AvgIpc) is 2.20. The Morgan fingerprint density at radius 1 is 1.23 bits per heavy atom. The molecular formula is C11H20N2. The zero-order chi connectivity index (χ0) is 9.15. The van der Waals surface area contributed by atoms with Gasteiger partial charge >= 0.3 is 0 Å². The maximum atomic E-state index is 3.41. The molecule has 0 aromatic rings. The zero-order valence-corrected chi connectivity index (χ0v) is 8.55. The summed E-state index contributed by atoms with van der Waals surface area (Å²) in [5, 5.41) is 3.41. The smallest absolute Gasteiger partial charge is 0.0219 e. The molecule has 0 spiro atoms. The topological polar surface area (TPSA) is 15.3 Å². The lowest BCUT2D eigenvalue weighted by atomic mass is 9.85. The van der Waals surface area contributed by atoms with Crippen LogP contribution in [0.1, 0.15) is 26.2 Å². The van der Waals surface area contributed by atoms with Gasteiger partial charge in [0, 0.05) is 31.7 Å². The summed E-state index contributed by atoms with van der Waals surface area (Å²) in [5.41, 5.74) is 0.455. The van der Waals surface area contributed by atoms with Gasteiger partial charge in [-0.1, -0.05) is 12.2 Å². The van der Waals surface area contributed by atoms with Crippen LogP contribution in [0.4, 0.5) is 0 Å². The predicted octanol–water partition coefficient (Wildman–Crippen LogP) is 1.39. The first-order chi connectivity index (χ1) is 6.31. The van der Waals surface area contributed by atoms with Crippen LogP contribution < -0.4 is 5.32 Å². The normalized spacial score (nSPS) is 36.4. The third-order valence-electron chi connectivity index (χ3n) is 3.45. The summed E-state index contributed by atoms with van der Waals surface area (Å²) >= 11 is 0. The number of rotatable bonds is 1. The van der Waals surface area contributed by atoms with Crippen molar-refractivity contribution in [1.82, 2.24) is 10.2 Å². The fourth-order valence-corrected chi connectivity index (χ4v) is 2.44. The Hall–Kier alpha value is -0.340. The minimum absolute atomic E-state index is 0.455. The average molecular weight is 180 g/mol. The van der Waals surface area contributed by atoms with Gasteiger partial charge in [-0.2, -0.15) is 0 Å². The summed E-state index contributed by atoms with van der Waals surface area (Å²) < 4.78 is 0. The van der Waals surface area contributed by atoms with Gasteiger partial charge in [0.05, 0.1) is 0 Å². The molecule has 74 valence electrons. The number of hydrogen-bond donors (Lipinski definition) is 1. The van der Waals surface area contributed by atoms with Crippen molar-refractivity contribution in [2.24, 2.45) is 0 Å². The summed E-state index contributed by atoms with van der Waals surface area (Å²) in [6.45, 7) is 7.20. The van der Waals surface area contributed by atoms with E-state index in [0.717, 1.165) is 0 Å². The first-order valence-electron chi connectivity index (χ1n) is 5.42. The molecule has 1 atom stereocenters. The quantitative estimate of drug-likeness (QED) is 0.613. The highest BCUT2D eigenvalue weighted by Gasteiger charge is 2.31. The van der Waals surface area contributed by atoms with E-state index in [9.17, 15) is 0 Å². The van der Waals surface area contributed by atoms with Crippen molar-refractivity contribution < 1.29 is 0 Å². The van der Waals surface area contributed by atoms with E-state index in [1.54, 1.807) is 0 Å². The Morgan fingerprint density at radius 3 is 2.62 bits per heavy atom. The SMILES string of the molecule is CC1(N2CCNCC2)CC=CCC1. The van der Waals surface area contributed by atoms with E-state index in [2.05, 4.69) is 29.3 Å². The van der Waals surface area contributed by atoms with E-state index < -0.39 is 0 Å². The van der Waals surface area contributed by atoms with Crippen molar-refractivity contribution in [1.29, 1.82) is 0 Å². The Morgan fingerprint density at radius 2 is 2.00 bits per heavy atom. The number of piperazine rings is 1. The molecule has 1 unspecified atom stereocenters. The molecule has 1 aliphatic carbocycles. The van der Waals surface area contributed by atoms with Gasteiger partial charge in [-0.05, 0) is 26.2 Å². The molecule has 2 rings (SSSR count). The summed E-state index contributed by atoms with van der Waals surface area (Å²) in [5.74, 6) is 0. The van der Waals surface area contributed by atoms with Crippen LogP contribution in [0, 0.1) is 0 Å². The second kappa shape index (κ2) is 3.81. The molecule has 0 saturated carbocycles. The van der Waals surface area contributed by atoms with Crippen LogP contribution in [0.15, 0.2) is 12.2 Å². The van der Waals surface area contributed by atoms with E-state index in [-0.39, 0.29) is 0 Å². The van der Waals surface area contributed by atoms with Gasteiger partial charge in [0.25, 0.3) is 0 Å². The minimum atomic E-state index is 0.455. The van der Waals surface area contributed by atoms with Crippen molar-refractivity contribution in [3.63, 3.8) is 0 Å². The number of allylic oxidation sites excluding steroid dienone is 1. The van der Waals surface area contributed by atoms with Crippen molar-refractivity contribution in [3.05, 3.63) is 12.2 Å². The maximum absolute atomic E-state index is 3.41. The molecule has 1 saturated heterocycles. The third-order valence-corrected chi connectivity index (χ3v) is 3.45. The van der Waals surface area contributed by atoms with Crippen LogP contribution in [-0.4, -0.2) is 36.6 Å². The van der Waals surface area contributed by atoms with E-state index >= 15 is 0 Å². The van der Waals surface area contributed by atoms with Gasteiger partial charge < -0.3 is 5.32 Å². The summed E-state index contributed by atoms with van der Waals surface area (Å²) in [4.78, 5) is 2.66. The molecule has 1 N–H and O–H groups in total. The molecule has 0 amide bonds. The second-order valence-electron chi connectivity index (χ2n) is 4.45. The van der Waals surface area contributed by atoms with E-state index in [0.29, 0.717) is 5.54 Å². The molecule has 1 aliphatic heterocycles. The van der Waals surface area contributed by atoms with Crippen LogP contribution in [-0.2, 0) is 0 Å². The molecule has 2 heteroatoms. The van der Waals surface area contributed by atoms with Gasteiger partial charge in [-0.15, -0.1) is 0 Å². The lowest BCUT2D eigenvalue weighted by molar-refractivity contribution is 0.0797. The van der Waals surface area contributed by atoms with Gasteiger partial charge in [-0.25, -0.2) is 0 Å². The molecule has 1 fully saturated rings. The fraction of sp³-hybridized carbons (Fsp3) is 0.818. The molecule has 13 heavy (non-hydrogen) atoms. The summed E-state index contributed by atoms with van der Waals surface area (Å²) in [6, 6.07) is 0. The van der Waals surface area contributed by atoms with E-state index in [1.807, 2.05) is 0 Å². The van der Waals surface area contributed by atoms with Gasteiger partial charge in [0.1, 0.15) is 0 Å². The molecular weight excluding hydrogens is 160 g/mol. The molecule has 2 aliphatic rings. The highest BCUT2D eigenvalue weighted by Crippen LogP contribution is 2.29. The van der Waals surface area contributed by atoms with Gasteiger partial charge in [0.15, 0.2) is 0 Å². The van der Waals surface area contributed by atoms with E-state index in [1.165, 1.54) is 45.4 Å². The largest absolute Gasteiger partial charge is 0.314 e. The molecule has 1 heterocycles. The van der Waals surface area contributed by atoms with E-state index in [4.69, 9.17) is 0 Å². The number of nitrogens with one attached hydrogen (secondary N) is 1. The van der Waals surface area contributed by atoms with Crippen molar-refractivity contribution in [3.8, 4) is 0 Å². The van der Waals surface area contributed by atoms with Crippen molar-refractivity contribution in [2.75, 3.05) is 26.2 Å². The number of hydrogen-bond acceptors (Lipinski definition) is 2. The minimum Gasteiger partial charge on any atom is -0.314 e. The fourth-order valence-electron chi connectivity index (χ4n) is 2.44. The van der Waals surface area contributed by atoms with Crippen LogP contribution in [0.3, 0.4) is 0 Å². The monoisotopic (exact) mass is 180 g/mol. The first-order valence-corrected chi connectivity index (χ1v) is 5.42. The summed E-state index contributed by atoms with van der Waals surface area (Å²) in [6.07, 6.45) is 8.52. The maximum Gasteiger partial charge on any atom is 0.0219 e. The molecule has 0 bridgehead atoms. The predicted molar refractivity (Wildman–Crippen MR) is 55.8 cm³/mol. The van der Waals surface area contributed by atoms with Crippen LogP contribution in [0.2, 0.25) is 0 Å². The summed E-state index contributed by atoms with van der Waals surface area (Å²) in [7, 11) is 0. The highest BCUT2D eigenvalue weighted by molar-refractivity contribution is 5.02. The Bertz CT molecular complexity index is 194. The lowest BCUT2D eigenvalue weighted by Gasteiger charge is -2.44. The lowest BCUT2D eigenvalue weighted by Crippen LogP contribution is -2.55. The van der Waals surface area contributed by atoms with Crippen molar-refractivity contribution in [2.45, 2.75) is 31.7 Å². The third kappa shape index (κ3) is 1.94. The molecule has 0 aromatic heterocycles. The Balaban J connectivity index is 1.99.